The minimum atomic E-state index is -0.515. The van der Waals surface area contributed by atoms with E-state index in [0.29, 0.717) is 23.9 Å². The highest BCUT2D eigenvalue weighted by Gasteiger charge is 2.35. The molecule has 0 aliphatic carbocycles. The third-order valence-corrected chi connectivity index (χ3v) is 4.30. The Kier molecular flexibility index (Phi) is 4.08. The van der Waals surface area contributed by atoms with Gasteiger partial charge in [0, 0.05) is 42.7 Å². The zero-order valence-electron chi connectivity index (χ0n) is 13.9. The lowest BCUT2D eigenvalue weighted by Crippen LogP contribution is -2.24. The third-order valence-electron chi connectivity index (χ3n) is 4.30. The van der Waals surface area contributed by atoms with Crippen molar-refractivity contribution in [3.05, 3.63) is 54.4 Å². The summed E-state index contributed by atoms with van der Waals surface area (Å²) in [4.78, 5) is 22.2. The lowest BCUT2D eigenvalue weighted by molar-refractivity contribution is -0.117. The maximum absolute atomic E-state index is 13.9. The molecule has 0 bridgehead atoms. The summed E-state index contributed by atoms with van der Waals surface area (Å²) in [7, 11) is 1.39. The van der Waals surface area contributed by atoms with Gasteiger partial charge in [-0.2, -0.15) is 4.98 Å². The number of halogens is 1. The van der Waals surface area contributed by atoms with E-state index in [1.54, 1.807) is 30.6 Å². The number of nitrogens with zero attached hydrogens (tertiary/aromatic N) is 4. The summed E-state index contributed by atoms with van der Waals surface area (Å²) in [6.45, 7) is 0.350. The van der Waals surface area contributed by atoms with Gasteiger partial charge in [0.05, 0.1) is 13.0 Å². The van der Waals surface area contributed by atoms with Gasteiger partial charge >= 0.3 is 0 Å². The normalized spacial score (nSPS) is 16.9. The molecule has 1 aliphatic rings. The number of ether oxygens (including phenoxy) is 1. The van der Waals surface area contributed by atoms with Gasteiger partial charge in [-0.05, 0) is 24.3 Å². The molecule has 1 atom stereocenters. The van der Waals surface area contributed by atoms with Crippen molar-refractivity contribution in [3.63, 3.8) is 0 Å². The Morgan fingerprint density at radius 3 is 2.81 bits per heavy atom. The maximum Gasteiger partial charge on any atom is 0.232 e. The van der Waals surface area contributed by atoms with Crippen molar-refractivity contribution < 1.29 is 18.4 Å². The molecule has 1 amide bonds. The number of hydrogen-bond acceptors (Lipinski definition) is 6. The number of hydrogen-bond donors (Lipinski definition) is 0. The zero-order valence-corrected chi connectivity index (χ0v) is 13.9. The first-order valence-electron chi connectivity index (χ1n) is 8.03. The molecule has 3 aromatic rings. The molecular weight excluding hydrogens is 339 g/mol. The highest BCUT2D eigenvalue weighted by Crippen LogP contribution is 2.33. The number of carbonyl (C=O) groups is 1. The van der Waals surface area contributed by atoms with Crippen LogP contribution in [0.3, 0.4) is 0 Å². The lowest BCUT2D eigenvalue weighted by atomic mass is 10.1. The van der Waals surface area contributed by atoms with Crippen LogP contribution in [0.4, 0.5) is 10.1 Å². The van der Waals surface area contributed by atoms with Gasteiger partial charge in [-0.15, -0.1) is 0 Å². The van der Waals surface area contributed by atoms with Crippen LogP contribution in [0.2, 0.25) is 0 Å². The van der Waals surface area contributed by atoms with E-state index in [1.165, 1.54) is 24.1 Å². The van der Waals surface area contributed by atoms with Crippen LogP contribution >= 0.6 is 0 Å². The van der Waals surface area contributed by atoms with Gasteiger partial charge in [0.25, 0.3) is 0 Å². The van der Waals surface area contributed by atoms with Crippen molar-refractivity contribution in [2.75, 3.05) is 18.6 Å². The van der Waals surface area contributed by atoms with Crippen molar-refractivity contribution in [1.82, 2.24) is 15.1 Å². The molecule has 0 N–H and O–H groups in total. The Hall–Kier alpha value is -3.29. The molecule has 0 radical (unpaired) electrons. The van der Waals surface area contributed by atoms with E-state index in [0.717, 1.165) is 5.56 Å². The average Bonchev–Trinajstić information content (AvgIpc) is 3.29. The standard InChI is InChI=1S/C18H15FN4O3/c1-25-15-3-2-13(9-14(15)19)23-10-12(8-16(23)24)18-21-17(22-26-18)11-4-6-20-7-5-11/h2-7,9,12H,8,10H2,1H3. The van der Waals surface area contributed by atoms with E-state index in [9.17, 15) is 9.18 Å². The summed E-state index contributed by atoms with van der Waals surface area (Å²) in [5, 5.41) is 3.97. The first kappa shape index (κ1) is 16.2. The van der Waals surface area contributed by atoms with E-state index >= 15 is 0 Å². The smallest absolute Gasteiger partial charge is 0.232 e. The summed E-state index contributed by atoms with van der Waals surface area (Å²) >= 11 is 0. The van der Waals surface area contributed by atoms with Gasteiger partial charge in [0.15, 0.2) is 11.6 Å². The third kappa shape index (κ3) is 2.90. The van der Waals surface area contributed by atoms with Crippen molar-refractivity contribution in [1.29, 1.82) is 0 Å². The number of carbonyl (C=O) groups excluding carboxylic acids is 1. The molecule has 132 valence electrons. The van der Waals surface area contributed by atoms with Crippen LogP contribution in [0.25, 0.3) is 11.4 Å². The Morgan fingerprint density at radius 2 is 2.08 bits per heavy atom. The minimum Gasteiger partial charge on any atom is -0.494 e. The van der Waals surface area contributed by atoms with Crippen LogP contribution in [0.15, 0.2) is 47.2 Å². The van der Waals surface area contributed by atoms with Crippen molar-refractivity contribution in [3.8, 4) is 17.1 Å². The molecule has 8 heteroatoms. The van der Waals surface area contributed by atoms with Gasteiger partial charge in [-0.3, -0.25) is 9.78 Å². The zero-order chi connectivity index (χ0) is 18.1. The number of aromatic nitrogens is 3. The van der Waals surface area contributed by atoms with E-state index < -0.39 is 5.82 Å². The fourth-order valence-corrected chi connectivity index (χ4v) is 2.96. The van der Waals surface area contributed by atoms with Gasteiger partial charge in [0.2, 0.25) is 17.6 Å². The topological polar surface area (TPSA) is 81.3 Å². The number of amides is 1. The highest BCUT2D eigenvalue weighted by molar-refractivity contribution is 5.96. The van der Waals surface area contributed by atoms with E-state index in [4.69, 9.17) is 9.26 Å². The van der Waals surface area contributed by atoms with Crippen molar-refractivity contribution >= 4 is 11.6 Å². The first-order valence-corrected chi connectivity index (χ1v) is 8.03. The van der Waals surface area contributed by atoms with Gasteiger partial charge in [0.1, 0.15) is 0 Å². The Balaban J connectivity index is 1.55. The van der Waals surface area contributed by atoms with E-state index in [-0.39, 0.29) is 24.0 Å². The molecule has 1 saturated heterocycles. The number of anilines is 1. The summed E-state index contributed by atoms with van der Waals surface area (Å²) in [6, 6.07) is 8.00. The van der Waals surface area contributed by atoms with Crippen LogP contribution in [0, 0.1) is 5.82 Å². The second kappa shape index (κ2) is 6.55. The molecular formula is C18H15FN4O3. The molecule has 0 saturated carbocycles. The van der Waals surface area contributed by atoms with Crippen LogP contribution < -0.4 is 9.64 Å². The summed E-state index contributed by atoms with van der Waals surface area (Å²) < 4.78 is 24.2. The van der Waals surface area contributed by atoms with Gasteiger partial charge < -0.3 is 14.2 Å². The molecule has 0 spiro atoms. The molecule has 1 fully saturated rings. The van der Waals surface area contributed by atoms with Gasteiger partial charge in [-0.25, -0.2) is 4.39 Å². The fourth-order valence-electron chi connectivity index (χ4n) is 2.96. The van der Waals surface area contributed by atoms with Crippen LogP contribution in [0.5, 0.6) is 5.75 Å². The largest absolute Gasteiger partial charge is 0.494 e. The number of benzene rings is 1. The highest BCUT2D eigenvalue weighted by atomic mass is 19.1. The van der Waals surface area contributed by atoms with Crippen LogP contribution in [-0.2, 0) is 4.79 Å². The second-order valence-electron chi connectivity index (χ2n) is 5.92. The first-order chi connectivity index (χ1) is 12.7. The van der Waals surface area contributed by atoms with Crippen LogP contribution in [-0.4, -0.2) is 34.7 Å². The Labute approximate surface area is 148 Å². The van der Waals surface area contributed by atoms with Crippen molar-refractivity contribution in [2.24, 2.45) is 0 Å². The number of methoxy groups -OCH3 is 1. The second-order valence-corrected chi connectivity index (χ2v) is 5.92. The number of rotatable bonds is 4. The van der Waals surface area contributed by atoms with Crippen molar-refractivity contribution in [2.45, 2.75) is 12.3 Å². The van der Waals surface area contributed by atoms with Gasteiger partial charge in [-0.1, -0.05) is 5.16 Å². The molecule has 1 aromatic carbocycles. The molecule has 26 heavy (non-hydrogen) atoms. The van der Waals surface area contributed by atoms with Crippen LogP contribution in [0.1, 0.15) is 18.2 Å². The molecule has 1 unspecified atom stereocenters. The molecule has 7 nitrogen and oxygen atoms in total. The minimum absolute atomic E-state index is 0.122. The average molecular weight is 354 g/mol. The quantitative estimate of drug-likeness (QED) is 0.717. The van der Waals surface area contributed by atoms with E-state index in [1.807, 2.05) is 0 Å². The summed E-state index contributed by atoms with van der Waals surface area (Å²) in [5.41, 5.74) is 1.26. The lowest BCUT2D eigenvalue weighted by Gasteiger charge is -2.16. The fraction of sp³-hybridized carbons (Fsp3) is 0.222. The predicted octanol–water partition coefficient (Wildman–Crippen LogP) is 2.80. The van der Waals surface area contributed by atoms with E-state index in [2.05, 4.69) is 15.1 Å². The molecule has 1 aliphatic heterocycles. The Bertz CT molecular complexity index is 945. The monoisotopic (exact) mass is 354 g/mol. The predicted molar refractivity (Wildman–Crippen MR) is 90.2 cm³/mol. The Morgan fingerprint density at radius 1 is 1.27 bits per heavy atom. The maximum atomic E-state index is 13.9. The molecule has 4 rings (SSSR count). The molecule has 3 heterocycles. The number of pyridine rings is 1. The SMILES string of the molecule is COc1ccc(N2CC(c3nc(-c4ccncc4)no3)CC2=O)cc1F. The molecule has 2 aromatic heterocycles. The summed E-state index contributed by atoms with van der Waals surface area (Å²) in [6.07, 6.45) is 3.51. The summed E-state index contributed by atoms with van der Waals surface area (Å²) in [5.74, 6) is 0.0965.